The third kappa shape index (κ3) is 4.00. The average molecular weight is 453 g/mol. The number of aryl methyl sites for hydroxylation is 1. The van der Waals surface area contributed by atoms with Crippen LogP contribution in [0.2, 0.25) is 5.02 Å². The molecule has 32 heavy (non-hydrogen) atoms. The van der Waals surface area contributed by atoms with Crippen LogP contribution in [0.4, 0.5) is 14.9 Å². The van der Waals surface area contributed by atoms with Crippen LogP contribution in [0.5, 0.6) is 0 Å². The zero-order valence-corrected chi connectivity index (χ0v) is 17.8. The molecule has 0 atom stereocenters. The van der Waals surface area contributed by atoms with Gasteiger partial charge >= 0.3 is 6.03 Å². The fraction of sp³-hybridized carbons (Fsp3) is 0.182. The van der Waals surface area contributed by atoms with Crippen LogP contribution in [0.3, 0.4) is 0 Å². The van der Waals surface area contributed by atoms with Crippen LogP contribution in [0.1, 0.15) is 27.2 Å². The summed E-state index contributed by atoms with van der Waals surface area (Å²) >= 11 is 6.08. The minimum Gasteiger partial charge on any atom is -0.351 e. The number of anilines is 1. The Kier molecular flexibility index (Phi) is 5.55. The van der Waals surface area contributed by atoms with Crippen LogP contribution >= 0.6 is 11.6 Å². The average Bonchev–Trinajstić information content (AvgIpc) is 3.12. The molecule has 10 heteroatoms. The highest BCUT2D eigenvalue weighted by Gasteiger charge is 2.30. The van der Waals surface area contributed by atoms with Crippen LogP contribution in [-0.4, -0.2) is 33.2 Å². The summed E-state index contributed by atoms with van der Waals surface area (Å²) in [5.74, 6) is -0.953. The molecule has 0 aliphatic carbocycles. The second kappa shape index (κ2) is 8.32. The van der Waals surface area contributed by atoms with Gasteiger partial charge in [-0.25, -0.2) is 9.18 Å². The molecule has 0 fully saturated rings. The molecule has 3 N–H and O–H groups in total. The fourth-order valence-electron chi connectivity index (χ4n) is 3.70. The first kappa shape index (κ1) is 21.3. The number of nitrogens with one attached hydrogen (secondary N) is 1. The standard InChI is InChI=1S/C22H18ClFN6O2/c1-12-6-14(8-15(24)7-12)20-19(18-11-29(22(26)32)4-5-30(18)28-20)21(31)27-16-3-2-13(10-25)17(23)9-16/h2-3,6-9H,4-5,11H2,1H3,(H2,26,32)(H,27,31). The summed E-state index contributed by atoms with van der Waals surface area (Å²) in [6.07, 6.45) is 0. The van der Waals surface area contributed by atoms with Gasteiger partial charge in [-0.05, 0) is 48.9 Å². The molecule has 1 aliphatic rings. The van der Waals surface area contributed by atoms with E-state index in [0.29, 0.717) is 41.3 Å². The van der Waals surface area contributed by atoms with Gasteiger partial charge in [0.2, 0.25) is 0 Å². The number of urea groups is 1. The Morgan fingerprint density at radius 2 is 2.03 bits per heavy atom. The van der Waals surface area contributed by atoms with Gasteiger partial charge in [-0.1, -0.05) is 11.6 Å². The van der Waals surface area contributed by atoms with Gasteiger partial charge in [-0.3, -0.25) is 9.48 Å². The maximum atomic E-state index is 14.1. The maximum Gasteiger partial charge on any atom is 0.315 e. The molecule has 0 saturated heterocycles. The van der Waals surface area contributed by atoms with Crippen molar-refractivity contribution >= 4 is 29.2 Å². The molecule has 3 amide bonds. The van der Waals surface area contributed by atoms with Crippen molar-refractivity contribution in [3.8, 4) is 17.3 Å². The summed E-state index contributed by atoms with van der Waals surface area (Å²) in [5, 5.41) is 16.5. The van der Waals surface area contributed by atoms with E-state index >= 15 is 0 Å². The predicted molar refractivity (Wildman–Crippen MR) is 116 cm³/mol. The molecular weight excluding hydrogens is 435 g/mol. The Balaban J connectivity index is 1.80. The molecule has 1 aromatic heterocycles. The van der Waals surface area contributed by atoms with Crippen LogP contribution < -0.4 is 11.1 Å². The van der Waals surface area contributed by atoms with Crippen molar-refractivity contribution in [3.63, 3.8) is 0 Å². The van der Waals surface area contributed by atoms with Crippen LogP contribution in [0.25, 0.3) is 11.3 Å². The van der Waals surface area contributed by atoms with Crippen LogP contribution in [0, 0.1) is 24.1 Å². The molecule has 0 spiro atoms. The SMILES string of the molecule is Cc1cc(F)cc(-c2nn3c(c2C(=O)Nc2ccc(C#N)c(Cl)c2)CN(C(N)=O)CC3)c1. The van der Waals surface area contributed by atoms with Crippen molar-refractivity contribution in [1.82, 2.24) is 14.7 Å². The fourth-order valence-corrected chi connectivity index (χ4v) is 3.92. The third-order valence-electron chi connectivity index (χ3n) is 5.18. The Morgan fingerprint density at radius 3 is 2.69 bits per heavy atom. The number of rotatable bonds is 3. The van der Waals surface area contributed by atoms with Crippen LogP contribution in [0.15, 0.2) is 36.4 Å². The molecule has 0 bridgehead atoms. The topological polar surface area (TPSA) is 117 Å². The summed E-state index contributed by atoms with van der Waals surface area (Å²) in [4.78, 5) is 26.5. The van der Waals surface area contributed by atoms with E-state index in [2.05, 4.69) is 10.4 Å². The largest absolute Gasteiger partial charge is 0.351 e. The smallest absolute Gasteiger partial charge is 0.315 e. The first-order valence-electron chi connectivity index (χ1n) is 9.69. The zero-order chi connectivity index (χ0) is 23.0. The molecule has 2 heterocycles. The number of halogens is 2. The minimum atomic E-state index is -0.606. The normalized spacial score (nSPS) is 12.8. The number of nitrogens with zero attached hydrogens (tertiary/aromatic N) is 4. The molecule has 3 aromatic rings. The van der Waals surface area contributed by atoms with E-state index in [1.807, 2.05) is 6.07 Å². The molecule has 2 aromatic carbocycles. The minimum absolute atomic E-state index is 0.0908. The van der Waals surface area contributed by atoms with Gasteiger partial charge in [-0.15, -0.1) is 0 Å². The van der Waals surface area contributed by atoms with Gasteiger partial charge in [0.25, 0.3) is 5.91 Å². The molecule has 0 unspecified atom stereocenters. The quantitative estimate of drug-likeness (QED) is 0.630. The first-order chi connectivity index (χ1) is 15.3. The monoisotopic (exact) mass is 452 g/mol. The summed E-state index contributed by atoms with van der Waals surface area (Å²) in [5.41, 5.74) is 8.21. The highest BCUT2D eigenvalue weighted by Crippen LogP contribution is 2.31. The Hall–Kier alpha value is -3.90. The lowest BCUT2D eigenvalue weighted by molar-refractivity contribution is 0.102. The van der Waals surface area contributed by atoms with Crippen molar-refractivity contribution in [2.45, 2.75) is 20.0 Å². The number of aromatic nitrogens is 2. The Labute approximate surface area is 188 Å². The number of carbonyl (C=O) groups excluding carboxylic acids is 2. The highest BCUT2D eigenvalue weighted by molar-refractivity contribution is 6.32. The third-order valence-corrected chi connectivity index (χ3v) is 5.49. The lowest BCUT2D eigenvalue weighted by Crippen LogP contribution is -2.42. The number of hydrogen-bond acceptors (Lipinski definition) is 4. The first-order valence-corrected chi connectivity index (χ1v) is 10.1. The number of carbonyl (C=O) groups is 2. The maximum absolute atomic E-state index is 14.1. The van der Waals surface area contributed by atoms with E-state index in [4.69, 9.17) is 22.6 Å². The van der Waals surface area contributed by atoms with Crippen molar-refractivity contribution < 1.29 is 14.0 Å². The van der Waals surface area contributed by atoms with Gasteiger partial charge in [0.1, 0.15) is 17.6 Å². The molecule has 162 valence electrons. The van der Waals surface area contributed by atoms with Crippen molar-refractivity contribution in [3.05, 3.63) is 69.6 Å². The molecule has 8 nitrogen and oxygen atoms in total. The zero-order valence-electron chi connectivity index (χ0n) is 17.0. The van der Waals surface area contributed by atoms with Gasteiger partial charge in [0.15, 0.2) is 0 Å². The van der Waals surface area contributed by atoms with E-state index in [1.54, 1.807) is 23.7 Å². The number of fused-ring (bicyclic) bond motifs is 1. The number of nitriles is 1. The highest BCUT2D eigenvalue weighted by atomic mass is 35.5. The van der Waals surface area contributed by atoms with E-state index in [-0.39, 0.29) is 22.7 Å². The lowest BCUT2D eigenvalue weighted by Gasteiger charge is -2.26. The van der Waals surface area contributed by atoms with Crippen molar-refractivity contribution in [2.24, 2.45) is 5.73 Å². The van der Waals surface area contributed by atoms with E-state index in [9.17, 15) is 14.0 Å². The van der Waals surface area contributed by atoms with E-state index in [1.165, 1.54) is 29.2 Å². The number of hydrogen-bond donors (Lipinski definition) is 2. The summed E-state index contributed by atoms with van der Waals surface area (Å²) in [6, 6.07) is 10.3. The number of amides is 3. The van der Waals surface area contributed by atoms with Crippen LogP contribution in [-0.2, 0) is 13.1 Å². The predicted octanol–water partition coefficient (Wildman–Crippen LogP) is 3.67. The Morgan fingerprint density at radius 1 is 1.25 bits per heavy atom. The lowest BCUT2D eigenvalue weighted by atomic mass is 10.0. The Bertz CT molecular complexity index is 1280. The number of benzene rings is 2. The molecule has 0 saturated carbocycles. The van der Waals surface area contributed by atoms with Crippen molar-refractivity contribution in [2.75, 3.05) is 11.9 Å². The van der Waals surface area contributed by atoms with E-state index in [0.717, 1.165) is 0 Å². The van der Waals surface area contributed by atoms with Gasteiger partial charge in [0.05, 0.1) is 34.9 Å². The van der Waals surface area contributed by atoms with E-state index < -0.39 is 17.8 Å². The molecular formula is C22H18ClFN6O2. The second-order valence-corrected chi connectivity index (χ2v) is 7.84. The summed E-state index contributed by atoms with van der Waals surface area (Å²) < 4.78 is 15.7. The molecule has 0 radical (unpaired) electrons. The van der Waals surface area contributed by atoms with Gasteiger partial charge < -0.3 is 16.0 Å². The molecule has 1 aliphatic heterocycles. The summed E-state index contributed by atoms with van der Waals surface area (Å²) in [6.45, 7) is 2.52. The number of primary amides is 1. The summed E-state index contributed by atoms with van der Waals surface area (Å²) in [7, 11) is 0. The van der Waals surface area contributed by atoms with Crippen molar-refractivity contribution in [1.29, 1.82) is 5.26 Å². The second-order valence-electron chi connectivity index (χ2n) is 7.43. The van der Waals surface area contributed by atoms with Gasteiger partial charge in [-0.2, -0.15) is 10.4 Å². The number of nitrogens with two attached hydrogens (primary N) is 1. The van der Waals surface area contributed by atoms with Gasteiger partial charge in [0, 0.05) is 17.8 Å². The molecule has 4 rings (SSSR count).